The van der Waals surface area contributed by atoms with Crippen molar-refractivity contribution in [2.45, 2.75) is 18.9 Å². The van der Waals surface area contributed by atoms with Crippen LogP contribution in [0.15, 0.2) is 47.3 Å². The molecule has 4 aromatic rings. The number of aromatic nitrogens is 4. The number of halogens is 1. The molecule has 10 nitrogen and oxygen atoms in total. The largest absolute Gasteiger partial charge is 0.382 e. The number of nitrogens with two attached hydrogens (primary N) is 2. The van der Waals surface area contributed by atoms with E-state index in [4.69, 9.17) is 16.5 Å². The minimum atomic E-state index is -0.797. The van der Waals surface area contributed by atoms with Crippen molar-refractivity contribution in [1.29, 1.82) is 10.5 Å². The van der Waals surface area contributed by atoms with Crippen molar-refractivity contribution in [1.82, 2.24) is 19.5 Å². The Morgan fingerprint density at radius 3 is 2.40 bits per heavy atom. The van der Waals surface area contributed by atoms with E-state index in [0.717, 1.165) is 18.9 Å². The van der Waals surface area contributed by atoms with E-state index in [1.807, 2.05) is 6.07 Å². The van der Waals surface area contributed by atoms with Gasteiger partial charge in [-0.2, -0.15) is 20.5 Å². The third-order valence-electron chi connectivity index (χ3n) is 5.87. The zero-order valence-corrected chi connectivity index (χ0v) is 18.2. The van der Waals surface area contributed by atoms with Crippen LogP contribution in [0.3, 0.4) is 0 Å². The summed E-state index contributed by atoms with van der Waals surface area (Å²) in [6.45, 7) is 0. The van der Waals surface area contributed by atoms with Crippen LogP contribution < -0.4 is 22.3 Å². The van der Waals surface area contributed by atoms with Gasteiger partial charge in [0.15, 0.2) is 5.82 Å². The Bertz CT molecular complexity index is 1620. The lowest BCUT2D eigenvalue weighted by Crippen LogP contribution is -2.30. The molecule has 1 aliphatic rings. The van der Waals surface area contributed by atoms with E-state index < -0.39 is 17.4 Å². The lowest BCUT2D eigenvalue weighted by atomic mass is 10.1. The molecule has 2 aromatic heterocycles. The molecule has 11 heteroatoms. The number of hydrogen-bond donors (Lipinski definition) is 3. The molecule has 0 saturated heterocycles. The fourth-order valence-corrected chi connectivity index (χ4v) is 4.09. The van der Waals surface area contributed by atoms with Gasteiger partial charge in [-0.15, -0.1) is 0 Å². The van der Waals surface area contributed by atoms with Crippen molar-refractivity contribution in [2.24, 2.45) is 5.92 Å². The van der Waals surface area contributed by atoms with Crippen molar-refractivity contribution in [3.63, 3.8) is 0 Å². The molecule has 1 atom stereocenters. The fourth-order valence-electron chi connectivity index (χ4n) is 4.09. The number of hydrogen-bond acceptors (Lipinski definition) is 9. The summed E-state index contributed by atoms with van der Waals surface area (Å²) in [5.74, 6) is -0.466. The predicted molar refractivity (Wildman–Crippen MR) is 127 cm³/mol. The number of nitrogen functional groups attached to an aromatic ring is 2. The monoisotopic (exact) mass is 467 g/mol. The molecule has 0 aliphatic heterocycles. The van der Waals surface area contributed by atoms with Crippen molar-refractivity contribution in [2.75, 3.05) is 16.8 Å². The molecule has 0 bridgehead atoms. The van der Waals surface area contributed by atoms with Crippen LogP contribution in [0.25, 0.3) is 16.6 Å². The van der Waals surface area contributed by atoms with E-state index in [2.05, 4.69) is 15.3 Å². The second-order valence-corrected chi connectivity index (χ2v) is 8.14. The lowest BCUT2D eigenvalue weighted by Gasteiger charge is -2.24. The molecule has 35 heavy (non-hydrogen) atoms. The van der Waals surface area contributed by atoms with Crippen LogP contribution in [0.5, 0.6) is 0 Å². The summed E-state index contributed by atoms with van der Waals surface area (Å²) in [5.41, 5.74) is 11.4. The minimum absolute atomic E-state index is 0.0214. The molecule has 2 aromatic carbocycles. The van der Waals surface area contributed by atoms with E-state index in [-0.39, 0.29) is 45.5 Å². The van der Waals surface area contributed by atoms with Crippen LogP contribution >= 0.6 is 0 Å². The SMILES string of the molecule is N#Cc1c(N)nc(N)nc1NC(c1nc2ccc(F)c(C#N)c2c(=O)n1-c1ccccc1)C1CC1. The van der Waals surface area contributed by atoms with Crippen LogP contribution in [0.2, 0.25) is 0 Å². The first-order valence-electron chi connectivity index (χ1n) is 10.7. The minimum Gasteiger partial charge on any atom is -0.382 e. The molecule has 1 fully saturated rings. The summed E-state index contributed by atoms with van der Waals surface area (Å²) in [6.07, 6.45) is 1.68. The molecular formula is C24H18FN9O. The van der Waals surface area contributed by atoms with E-state index in [0.29, 0.717) is 11.5 Å². The van der Waals surface area contributed by atoms with Crippen molar-refractivity contribution in [3.05, 3.63) is 75.6 Å². The van der Waals surface area contributed by atoms with Crippen LogP contribution in [0, 0.1) is 34.4 Å². The Labute approximate surface area is 198 Å². The Kier molecular flexibility index (Phi) is 5.23. The second-order valence-electron chi connectivity index (χ2n) is 8.14. The average Bonchev–Trinajstić information content (AvgIpc) is 3.68. The van der Waals surface area contributed by atoms with Gasteiger partial charge in [0.25, 0.3) is 5.56 Å². The average molecular weight is 467 g/mol. The molecule has 5 rings (SSSR count). The smallest absolute Gasteiger partial charge is 0.267 e. The van der Waals surface area contributed by atoms with Crippen LogP contribution in [-0.2, 0) is 0 Å². The second kappa shape index (κ2) is 8.39. The molecule has 1 unspecified atom stereocenters. The van der Waals surface area contributed by atoms with Gasteiger partial charge in [-0.05, 0) is 43.0 Å². The van der Waals surface area contributed by atoms with Gasteiger partial charge in [-0.1, -0.05) is 18.2 Å². The van der Waals surface area contributed by atoms with Gasteiger partial charge in [0.2, 0.25) is 5.95 Å². The molecule has 0 spiro atoms. The summed E-state index contributed by atoms with van der Waals surface area (Å²) in [7, 11) is 0. The van der Waals surface area contributed by atoms with Gasteiger partial charge in [0, 0.05) is 0 Å². The maximum atomic E-state index is 14.4. The van der Waals surface area contributed by atoms with Crippen LogP contribution in [0.4, 0.5) is 22.0 Å². The Morgan fingerprint density at radius 2 is 1.74 bits per heavy atom. The Morgan fingerprint density at radius 1 is 1.03 bits per heavy atom. The predicted octanol–water partition coefficient (Wildman–Crippen LogP) is 2.79. The number of anilines is 3. The van der Waals surface area contributed by atoms with E-state index >= 15 is 0 Å². The van der Waals surface area contributed by atoms with Crippen molar-refractivity contribution >= 4 is 28.5 Å². The number of fused-ring (bicyclic) bond motifs is 1. The molecule has 5 N–H and O–H groups in total. The topological polar surface area (TPSA) is 172 Å². The summed E-state index contributed by atoms with van der Waals surface area (Å²) < 4.78 is 15.8. The molecule has 2 heterocycles. The first kappa shape index (κ1) is 21.8. The number of nitrogens with one attached hydrogen (secondary N) is 1. The number of benzene rings is 2. The van der Waals surface area contributed by atoms with E-state index in [9.17, 15) is 19.7 Å². The van der Waals surface area contributed by atoms with Crippen LogP contribution in [0.1, 0.15) is 35.8 Å². The lowest BCUT2D eigenvalue weighted by molar-refractivity contribution is 0.606. The van der Waals surface area contributed by atoms with Gasteiger partial charge < -0.3 is 16.8 Å². The summed E-state index contributed by atoms with van der Waals surface area (Å²) >= 11 is 0. The van der Waals surface area contributed by atoms with E-state index in [1.165, 1.54) is 10.6 Å². The number of nitrogens with zero attached hydrogens (tertiary/aromatic N) is 6. The first-order valence-corrected chi connectivity index (χ1v) is 10.7. The Balaban J connectivity index is 1.80. The summed E-state index contributed by atoms with van der Waals surface area (Å²) in [6, 6.07) is 14.4. The highest BCUT2D eigenvalue weighted by atomic mass is 19.1. The van der Waals surface area contributed by atoms with Gasteiger partial charge in [0.1, 0.15) is 40.7 Å². The maximum Gasteiger partial charge on any atom is 0.267 e. The zero-order valence-electron chi connectivity index (χ0n) is 18.2. The molecular weight excluding hydrogens is 449 g/mol. The standard InChI is InChI=1S/C24H18FN9O/c25-16-8-9-17-18(14(16)10-26)23(35)34(13-4-2-1-3-5-13)22(30-17)19(12-6-7-12)31-21-15(11-27)20(28)32-24(29)33-21/h1-5,8-9,12,19H,6-7H2,(H5,28,29,31,32,33). The highest BCUT2D eigenvalue weighted by molar-refractivity contribution is 5.84. The maximum absolute atomic E-state index is 14.4. The summed E-state index contributed by atoms with van der Waals surface area (Å²) in [5, 5.41) is 22.2. The third-order valence-corrected chi connectivity index (χ3v) is 5.87. The van der Waals surface area contributed by atoms with Gasteiger partial charge >= 0.3 is 0 Å². The molecule has 1 aliphatic carbocycles. The van der Waals surface area contributed by atoms with Crippen molar-refractivity contribution in [3.8, 4) is 17.8 Å². The number of nitriles is 2. The van der Waals surface area contributed by atoms with Crippen LogP contribution in [-0.4, -0.2) is 19.5 Å². The third kappa shape index (κ3) is 3.75. The molecule has 172 valence electrons. The van der Waals surface area contributed by atoms with E-state index in [1.54, 1.807) is 36.4 Å². The summed E-state index contributed by atoms with van der Waals surface area (Å²) in [4.78, 5) is 26.5. The highest BCUT2D eigenvalue weighted by Crippen LogP contribution is 2.43. The first-order chi connectivity index (χ1) is 16.9. The van der Waals surface area contributed by atoms with Gasteiger partial charge in [-0.25, -0.2) is 9.37 Å². The molecule has 1 saturated carbocycles. The molecule has 0 radical (unpaired) electrons. The normalized spacial score (nSPS) is 13.7. The van der Waals surface area contributed by atoms with Gasteiger partial charge in [-0.3, -0.25) is 9.36 Å². The van der Waals surface area contributed by atoms with Gasteiger partial charge in [0.05, 0.1) is 22.6 Å². The highest BCUT2D eigenvalue weighted by Gasteiger charge is 2.37. The number of rotatable bonds is 5. The Hall–Kier alpha value is -5.03. The quantitative estimate of drug-likeness (QED) is 0.399. The fraction of sp³-hybridized carbons (Fsp3) is 0.167. The number of para-hydroxylation sites is 1. The zero-order chi connectivity index (χ0) is 24.7. The van der Waals surface area contributed by atoms with Crippen molar-refractivity contribution < 1.29 is 4.39 Å². The molecule has 0 amide bonds.